The smallest absolute Gasteiger partial charge is 0.316 e. The molecule has 1 aliphatic rings. The molecular weight excluding hydrogens is 231 g/mol. The molecule has 1 saturated carbocycles. The van der Waals surface area contributed by atoms with Crippen molar-refractivity contribution in [2.24, 2.45) is 0 Å². The maximum Gasteiger partial charge on any atom is 0.316 e. The molecular formula is C12H12ClFO2. The molecule has 0 aromatic heterocycles. The van der Waals surface area contributed by atoms with Crippen LogP contribution in [0.3, 0.4) is 0 Å². The van der Waals surface area contributed by atoms with Gasteiger partial charge in [0.1, 0.15) is 5.82 Å². The predicted octanol–water partition coefficient (Wildman–Crippen LogP) is 3.07. The highest BCUT2D eigenvalue weighted by Gasteiger charge is 2.46. The number of rotatable bonds is 2. The van der Waals surface area contributed by atoms with Gasteiger partial charge >= 0.3 is 5.97 Å². The Labute approximate surface area is 98.4 Å². The largest absolute Gasteiger partial charge is 0.468 e. The Morgan fingerprint density at radius 2 is 2.19 bits per heavy atom. The first-order valence-corrected chi connectivity index (χ1v) is 5.52. The maximum atomic E-state index is 13.0. The highest BCUT2D eigenvalue weighted by Crippen LogP contribution is 2.45. The molecule has 0 radical (unpaired) electrons. The highest BCUT2D eigenvalue weighted by atomic mass is 35.5. The molecule has 16 heavy (non-hydrogen) atoms. The summed E-state index contributed by atoms with van der Waals surface area (Å²) in [6.07, 6.45) is 2.45. The second-order valence-corrected chi connectivity index (χ2v) is 4.46. The van der Waals surface area contributed by atoms with Crippen LogP contribution in [0.5, 0.6) is 0 Å². The summed E-state index contributed by atoms with van der Waals surface area (Å²) in [7, 11) is 1.37. The molecule has 0 unspecified atom stereocenters. The van der Waals surface area contributed by atoms with Crippen molar-refractivity contribution in [3.63, 3.8) is 0 Å². The van der Waals surface area contributed by atoms with Gasteiger partial charge in [0.05, 0.1) is 17.5 Å². The lowest BCUT2D eigenvalue weighted by Gasteiger charge is -2.39. The summed E-state index contributed by atoms with van der Waals surface area (Å²) < 4.78 is 17.8. The van der Waals surface area contributed by atoms with Gasteiger partial charge in [-0.2, -0.15) is 0 Å². The number of ether oxygens (including phenoxy) is 1. The highest BCUT2D eigenvalue weighted by molar-refractivity contribution is 6.30. The number of hydrogen-bond donors (Lipinski definition) is 0. The summed E-state index contributed by atoms with van der Waals surface area (Å²) in [4.78, 5) is 11.8. The molecule has 4 heteroatoms. The number of methoxy groups -OCH3 is 1. The fourth-order valence-corrected chi connectivity index (χ4v) is 2.31. The average molecular weight is 243 g/mol. The molecule has 2 rings (SSSR count). The van der Waals surface area contributed by atoms with Crippen LogP contribution in [0.4, 0.5) is 4.39 Å². The molecule has 0 spiro atoms. The molecule has 86 valence electrons. The van der Waals surface area contributed by atoms with E-state index in [0.29, 0.717) is 0 Å². The molecule has 0 amide bonds. The van der Waals surface area contributed by atoms with Crippen LogP contribution in [-0.2, 0) is 14.9 Å². The zero-order valence-corrected chi connectivity index (χ0v) is 9.68. The Bertz CT molecular complexity index is 427. The normalized spacial score (nSPS) is 17.7. The van der Waals surface area contributed by atoms with Crippen LogP contribution >= 0.6 is 11.6 Å². The molecule has 2 nitrogen and oxygen atoms in total. The Balaban J connectivity index is 2.41. The van der Waals surface area contributed by atoms with Gasteiger partial charge in [0.25, 0.3) is 0 Å². The van der Waals surface area contributed by atoms with Gasteiger partial charge in [0, 0.05) is 0 Å². The summed E-state index contributed by atoms with van der Waals surface area (Å²) in [6, 6.07) is 4.42. The first kappa shape index (κ1) is 11.4. The van der Waals surface area contributed by atoms with Crippen LogP contribution in [-0.4, -0.2) is 13.1 Å². The van der Waals surface area contributed by atoms with Crippen LogP contribution in [0.15, 0.2) is 18.2 Å². The monoisotopic (exact) mass is 242 g/mol. The van der Waals surface area contributed by atoms with E-state index in [2.05, 4.69) is 0 Å². The van der Waals surface area contributed by atoms with Crippen molar-refractivity contribution < 1.29 is 13.9 Å². The number of carbonyl (C=O) groups is 1. The van der Waals surface area contributed by atoms with E-state index in [0.717, 1.165) is 24.8 Å². The summed E-state index contributed by atoms with van der Waals surface area (Å²) in [5, 5.41) is 0.0488. The number of halogens is 2. The van der Waals surface area contributed by atoms with Gasteiger partial charge in [-0.25, -0.2) is 4.39 Å². The zero-order chi connectivity index (χ0) is 11.8. The predicted molar refractivity (Wildman–Crippen MR) is 59.0 cm³/mol. The minimum atomic E-state index is -0.605. The fraction of sp³-hybridized carbons (Fsp3) is 0.417. The minimum Gasteiger partial charge on any atom is -0.468 e. The first-order chi connectivity index (χ1) is 7.60. The molecule has 0 aliphatic heterocycles. The molecule has 0 heterocycles. The van der Waals surface area contributed by atoms with Crippen molar-refractivity contribution >= 4 is 17.6 Å². The van der Waals surface area contributed by atoms with Crippen LogP contribution in [0.1, 0.15) is 24.8 Å². The van der Waals surface area contributed by atoms with E-state index >= 15 is 0 Å². The lowest BCUT2D eigenvalue weighted by atomic mass is 9.64. The van der Waals surface area contributed by atoms with E-state index in [1.54, 1.807) is 6.07 Å². The first-order valence-electron chi connectivity index (χ1n) is 5.14. The van der Waals surface area contributed by atoms with Crippen LogP contribution in [0.25, 0.3) is 0 Å². The van der Waals surface area contributed by atoms with Gasteiger partial charge < -0.3 is 4.74 Å². The molecule has 1 aromatic carbocycles. The molecule has 0 saturated heterocycles. The van der Waals surface area contributed by atoms with E-state index < -0.39 is 11.2 Å². The molecule has 0 bridgehead atoms. The average Bonchev–Trinajstić information content (AvgIpc) is 2.21. The number of esters is 1. The van der Waals surface area contributed by atoms with Gasteiger partial charge in [-0.15, -0.1) is 0 Å². The van der Waals surface area contributed by atoms with Crippen LogP contribution in [0, 0.1) is 5.82 Å². The van der Waals surface area contributed by atoms with Gasteiger partial charge in [0.15, 0.2) is 0 Å². The van der Waals surface area contributed by atoms with Crippen molar-refractivity contribution in [1.82, 2.24) is 0 Å². The van der Waals surface area contributed by atoms with E-state index in [-0.39, 0.29) is 11.0 Å². The third-order valence-electron chi connectivity index (χ3n) is 3.26. The van der Waals surface area contributed by atoms with Gasteiger partial charge in [-0.3, -0.25) is 4.79 Å². The Morgan fingerprint density at radius 3 is 2.62 bits per heavy atom. The summed E-state index contributed by atoms with van der Waals surface area (Å²) in [5.41, 5.74) is 0.142. The van der Waals surface area contributed by atoms with Crippen molar-refractivity contribution in [2.45, 2.75) is 24.7 Å². The van der Waals surface area contributed by atoms with Crippen molar-refractivity contribution in [3.05, 3.63) is 34.6 Å². The SMILES string of the molecule is COC(=O)C1(c2ccc(F)c(Cl)c2)CCC1. The van der Waals surface area contributed by atoms with Crippen LogP contribution < -0.4 is 0 Å². The number of benzene rings is 1. The zero-order valence-electron chi connectivity index (χ0n) is 8.93. The third-order valence-corrected chi connectivity index (χ3v) is 3.55. The van der Waals surface area contributed by atoms with Gasteiger partial charge in [0.2, 0.25) is 0 Å². The Morgan fingerprint density at radius 1 is 1.50 bits per heavy atom. The van der Waals surface area contributed by atoms with Crippen molar-refractivity contribution in [3.8, 4) is 0 Å². The minimum absolute atomic E-state index is 0.0488. The maximum absolute atomic E-state index is 13.0. The molecule has 0 atom stereocenters. The number of carbonyl (C=O) groups excluding carboxylic acids is 1. The number of hydrogen-bond acceptors (Lipinski definition) is 2. The quantitative estimate of drug-likeness (QED) is 0.745. The third kappa shape index (κ3) is 1.59. The molecule has 1 aromatic rings. The second kappa shape index (κ2) is 4.06. The fourth-order valence-electron chi connectivity index (χ4n) is 2.13. The lowest BCUT2D eigenvalue weighted by molar-refractivity contribution is -0.151. The summed E-state index contributed by atoms with van der Waals surface area (Å²) in [5.74, 6) is -0.730. The molecule has 0 N–H and O–H groups in total. The summed E-state index contributed by atoms with van der Waals surface area (Å²) in [6.45, 7) is 0. The summed E-state index contributed by atoms with van der Waals surface area (Å²) >= 11 is 5.72. The van der Waals surface area contributed by atoms with Gasteiger partial charge in [-0.05, 0) is 30.5 Å². The molecule has 1 aliphatic carbocycles. The van der Waals surface area contributed by atoms with E-state index in [1.807, 2.05) is 0 Å². The molecule has 1 fully saturated rings. The van der Waals surface area contributed by atoms with Crippen molar-refractivity contribution in [2.75, 3.05) is 7.11 Å². The topological polar surface area (TPSA) is 26.3 Å². The van der Waals surface area contributed by atoms with E-state index in [1.165, 1.54) is 19.2 Å². The van der Waals surface area contributed by atoms with Crippen LogP contribution in [0.2, 0.25) is 5.02 Å². The lowest BCUT2D eigenvalue weighted by Crippen LogP contribution is -2.43. The standard InChI is InChI=1S/C12H12ClFO2/c1-16-11(15)12(5-2-6-12)8-3-4-10(14)9(13)7-8/h3-4,7H,2,5-6H2,1H3. The Hall–Kier alpha value is -1.09. The van der Waals surface area contributed by atoms with Crippen molar-refractivity contribution in [1.29, 1.82) is 0 Å². The Kier molecular flexibility index (Phi) is 2.89. The van der Waals surface area contributed by atoms with Gasteiger partial charge in [-0.1, -0.05) is 24.1 Å². The second-order valence-electron chi connectivity index (χ2n) is 4.06. The van der Waals surface area contributed by atoms with E-state index in [4.69, 9.17) is 16.3 Å². The van der Waals surface area contributed by atoms with E-state index in [9.17, 15) is 9.18 Å².